The van der Waals surface area contributed by atoms with Gasteiger partial charge in [-0.1, -0.05) is 6.07 Å². The van der Waals surface area contributed by atoms with Crippen LogP contribution in [-0.4, -0.2) is 51.4 Å². The number of likely N-dealkylation sites (tertiary alicyclic amines) is 1. The average molecular weight is 398 g/mol. The van der Waals surface area contributed by atoms with Gasteiger partial charge in [0.15, 0.2) is 5.65 Å². The van der Waals surface area contributed by atoms with Crippen LogP contribution in [0.1, 0.15) is 45.2 Å². The molecule has 1 N–H and O–H groups in total. The number of aromatic amines is 1. The Morgan fingerprint density at radius 1 is 1.24 bits per heavy atom. The second-order valence-electron chi connectivity index (χ2n) is 8.41. The molecule has 0 unspecified atom stereocenters. The number of aromatic nitrogens is 3. The molecule has 1 fully saturated rings. The third-order valence-corrected chi connectivity index (χ3v) is 5.21. The molecular formula is C21H26N4O4. The molecule has 1 amide bonds. The predicted molar refractivity (Wildman–Crippen MR) is 110 cm³/mol. The summed E-state index contributed by atoms with van der Waals surface area (Å²) in [6.45, 7) is 6.74. The van der Waals surface area contributed by atoms with Crippen LogP contribution in [0.4, 0.5) is 4.79 Å². The fourth-order valence-corrected chi connectivity index (χ4v) is 3.81. The highest BCUT2D eigenvalue weighted by molar-refractivity contribution is 5.97. The molecule has 4 rings (SSSR count). The first-order valence-electron chi connectivity index (χ1n) is 9.83. The number of methoxy groups -OCH3 is 1. The third-order valence-electron chi connectivity index (χ3n) is 5.21. The van der Waals surface area contributed by atoms with E-state index in [1.807, 2.05) is 39.0 Å². The van der Waals surface area contributed by atoms with Gasteiger partial charge in [0, 0.05) is 25.1 Å². The largest absolute Gasteiger partial charge is 0.496 e. The second-order valence-corrected chi connectivity index (χ2v) is 8.41. The number of fused-ring (bicyclic) bond motifs is 3. The number of nitrogens with zero attached hydrogens (tertiary/aromatic N) is 3. The quantitative estimate of drug-likeness (QED) is 0.715. The highest BCUT2D eigenvalue weighted by Gasteiger charge is 2.28. The number of rotatable bonds is 2. The standard InChI is InChI=1S/C21H26N4O4/c1-21(2,3)29-20(27)24-10-8-13(9-11-24)15-12-17(26)25-19(22-15)18-14(23-25)6-5-7-16(18)28-4/h5-7,12-13,23H,8-11H2,1-4H3. The highest BCUT2D eigenvalue weighted by atomic mass is 16.6. The van der Waals surface area contributed by atoms with Crippen molar-refractivity contribution in [3.63, 3.8) is 0 Å². The van der Waals surface area contributed by atoms with Gasteiger partial charge in [0.2, 0.25) is 0 Å². The van der Waals surface area contributed by atoms with Crippen molar-refractivity contribution in [3.8, 4) is 5.75 Å². The van der Waals surface area contributed by atoms with E-state index >= 15 is 0 Å². The Labute approximate surface area is 168 Å². The van der Waals surface area contributed by atoms with E-state index in [9.17, 15) is 9.59 Å². The zero-order chi connectivity index (χ0) is 20.8. The molecule has 0 aliphatic carbocycles. The molecule has 1 aliphatic heterocycles. The molecule has 8 heteroatoms. The lowest BCUT2D eigenvalue weighted by Crippen LogP contribution is -2.41. The van der Waals surface area contributed by atoms with E-state index in [4.69, 9.17) is 14.5 Å². The number of hydrogen-bond donors (Lipinski definition) is 1. The second kappa shape index (κ2) is 7.09. The minimum atomic E-state index is -0.510. The number of hydrogen-bond acceptors (Lipinski definition) is 5. The number of piperidine rings is 1. The molecule has 29 heavy (non-hydrogen) atoms. The fourth-order valence-electron chi connectivity index (χ4n) is 3.81. The summed E-state index contributed by atoms with van der Waals surface area (Å²) >= 11 is 0. The maximum atomic E-state index is 12.7. The van der Waals surface area contributed by atoms with E-state index in [0.29, 0.717) is 24.5 Å². The SMILES string of the molecule is COc1cccc2[nH]n3c(=O)cc(C4CCN(C(=O)OC(C)(C)C)CC4)nc3c12. The minimum Gasteiger partial charge on any atom is -0.496 e. The predicted octanol–water partition coefficient (Wildman–Crippen LogP) is 3.30. The van der Waals surface area contributed by atoms with Gasteiger partial charge in [-0.3, -0.25) is 9.89 Å². The smallest absolute Gasteiger partial charge is 0.410 e. The van der Waals surface area contributed by atoms with Crippen LogP contribution < -0.4 is 10.3 Å². The maximum Gasteiger partial charge on any atom is 0.410 e. The van der Waals surface area contributed by atoms with Gasteiger partial charge in [0.1, 0.15) is 11.4 Å². The van der Waals surface area contributed by atoms with Gasteiger partial charge in [0.25, 0.3) is 5.56 Å². The third kappa shape index (κ3) is 3.66. The van der Waals surface area contributed by atoms with Crippen LogP contribution in [0.2, 0.25) is 0 Å². The molecule has 0 atom stereocenters. The highest BCUT2D eigenvalue weighted by Crippen LogP contribution is 2.31. The Hall–Kier alpha value is -3.03. The summed E-state index contributed by atoms with van der Waals surface area (Å²) in [5, 5.41) is 3.88. The Kier molecular flexibility index (Phi) is 4.72. The first-order chi connectivity index (χ1) is 13.8. The molecule has 3 aromatic rings. The summed E-state index contributed by atoms with van der Waals surface area (Å²) in [4.78, 5) is 31.5. The summed E-state index contributed by atoms with van der Waals surface area (Å²) in [7, 11) is 1.60. The van der Waals surface area contributed by atoms with Crippen molar-refractivity contribution in [1.82, 2.24) is 19.5 Å². The first kappa shape index (κ1) is 19.3. The van der Waals surface area contributed by atoms with E-state index in [-0.39, 0.29) is 17.6 Å². The molecule has 0 saturated carbocycles. The molecule has 8 nitrogen and oxygen atoms in total. The number of carbonyl (C=O) groups is 1. The number of carbonyl (C=O) groups excluding carboxylic acids is 1. The van der Waals surface area contributed by atoms with E-state index < -0.39 is 5.60 Å². The molecule has 154 valence electrons. The maximum absolute atomic E-state index is 12.7. The summed E-state index contributed by atoms with van der Waals surface area (Å²) < 4.78 is 12.4. The average Bonchev–Trinajstić information content (AvgIpc) is 3.06. The minimum absolute atomic E-state index is 0.117. The fraction of sp³-hybridized carbons (Fsp3) is 0.476. The number of amides is 1. The Balaban J connectivity index is 1.62. The molecule has 1 aromatic carbocycles. The van der Waals surface area contributed by atoms with Gasteiger partial charge in [0.05, 0.1) is 23.7 Å². The van der Waals surface area contributed by atoms with E-state index in [0.717, 1.165) is 29.4 Å². The van der Waals surface area contributed by atoms with Crippen molar-refractivity contribution in [3.05, 3.63) is 40.3 Å². The van der Waals surface area contributed by atoms with Crippen LogP contribution in [0.15, 0.2) is 29.1 Å². The number of benzene rings is 1. The van der Waals surface area contributed by atoms with Crippen LogP contribution in [0.25, 0.3) is 16.6 Å². The van der Waals surface area contributed by atoms with Crippen LogP contribution >= 0.6 is 0 Å². The molecule has 0 spiro atoms. The monoisotopic (exact) mass is 398 g/mol. The van der Waals surface area contributed by atoms with Crippen molar-refractivity contribution in [2.75, 3.05) is 20.2 Å². The van der Waals surface area contributed by atoms with Gasteiger partial charge in [-0.2, -0.15) is 0 Å². The van der Waals surface area contributed by atoms with Crippen molar-refractivity contribution in [1.29, 1.82) is 0 Å². The Bertz CT molecular complexity index is 1120. The van der Waals surface area contributed by atoms with E-state index in [1.54, 1.807) is 18.1 Å². The molecule has 1 aliphatic rings. The van der Waals surface area contributed by atoms with Crippen LogP contribution in [0.3, 0.4) is 0 Å². The van der Waals surface area contributed by atoms with Gasteiger partial charge in [-0.05, 0) is 45.7 Å². The van der Waals surface area contributed by atoms with Gasteiger partial charge < -0.3 is 14.4 Å². The molecule has 1 saturated heterocycles. The molecule has 0 bridgehead atoms. The van der Waals surface area contributed by atoms with Gasteiger partial charge >= 0.3 is 6.09 Å². The Morgan fingerprint density at radius 3 is 2.62 bits per heavy atom. The van der Waals surface area contributed by atoms with Crippen LogP contribution in [-0.2, 0) is 4.74 Å². The van der Waals surface area contributed by atoms with Crippen molar-refractivity contribution < 1.29 is 14.3 Å². The lowest BCUT2D eigenvalue weighted by atomic mass is 9.93. The van der Waals surface area contributed by atoms with Crippen LogP contribution in [0.5, 0.6) is 5.75 Å². The molecule has 0 radical (unpaired) electrons. The molecular weight excluding hydrogens is 372 g/mol. The lowest BCUT2D eigenvalue weighted by Gasteiger charge is -2.33. The summed E-state index contributed by atoms with van der Waals surface area (Å²) in [6, 6.07) is 7.21. The van der Waals surface area contributed by atoms with Crippen molar-refractivity contribution in [2.45, 2.75) is 45.1 Å². The topological polar surface area (TPSA) is 88.9 Å². The zero-order valence-electron chi connectivity index (χ0n) is 17.2. The zero-order valence-corrected chi connectivity index (χ0v) is 17.2. The molecule has 3 heterocycles. The number of nitrogens with one attached hydrogen (secondary N) is 1. The van der Waals surface area contributed by atoms with E-state index in [2.05, 4.69) is 5.10 Å². The van der Waals surface area contributed by atoms with Gasteiger partial charge in [-0.15, -0.1) is 0 Å². The Morgan fingerprint density at radius 2 is 1.97 bits per heavy atom. The lowest BCUT2D eigenvalue weighted by molar-refractivity contribution is 0.0204. The summed E-state index contributed by atoms with van der Waals surface area (Å²) in [6.07, 6.45) is 1.18. The van der Waals surface area contributed by atoms with Crippen molar-refractivity contribution >= 4 is 22.6 Å². The summed E-state index contributed by atoms with van der Waals surface area (Å²) in [5.74, 6) is 0.788. The molecule has 2 aromatic heterocycles. The van der Waals surface area contributed by atoms with E-state index in [1.165, 1.54) is 4.52 Å². The summed E-state index contributed by atoms with van der Waals surface area (Å²) in [5.41, 5.74) is 1.45. The van der Waals surface area contributed by atoms with Crippen molar-refractivity contribution in [2.24, 2.45) is 0 Å². The van der Waals surface area contributed by atoms with Crippen LogP contribution in [0, 0.1) is 0 Å². The first-order valence-corrected chi connectivity index (χ1v) is 9.83. The van der Waals surface area contributed by atoms with Gasteiger partial charge in [-0.25, -0.2) is 14.3 Å². The number of ether oxygens (including phenoxy) is 2. The number of H-pyrrole nitrogens is 1. The normalized spacial score (nSPS) is 15.8.